The summed E-state index contributed by atoms with van der Waals surface area (Å²) in [7, 11) is 0. The summed E-state index contributed by atoms with van der Waals surface area (Å²) in [6.45, 7) is 8.62. The third-order valence-electron chi connectivity index (χ3n) is 6.92. The number of rotatable bonds is 13. The number of aromatic carboxylic acids is 1. The van der Waals surface area contributed by atoms with Crippen LogP contribution >= 0.6 is 0 Å². The molecule has 3 atom stereocenters. The van der Waals surface area contributed by atoms with Crippen LogP contribution in [0.3, 0.4) is 0 Å². The number of carboxylic acid groups (broad SMARTS) is 1. The van der Waals surface area contributed by atoms with Crippen molar-refractivity contribution in [2.24, 2.45) is 11.8 Å². The highest BCUT2D eigenvalue weighted by molar-refractivity contribution is 5.99. The Kier molecular flexibility index (Phi) is 11.3. The number of nitrogens with zero attached hydrogens (tertiary/aromatic N) is 1. The van der Waals surface area contributed by atoms with Gasteiger partial charge in [0, 0.05) is 30.3 Å². The third kappa shape index (κ3) is 9.47. The number of hydrogen-bond donors (Lipinski definition) is 4. The van der Waals surface area contributed by atoms with E-state index >= 15 is 0 Å². The average molecular weight is 583 g/mol. The lowest BCUT2D eigenvalue weighted by atomic mass is 10.0. The summed E-state index contributed by atoms with van der Waals surface area (Å²) < 4.78 is 13.3. The Balaban J connectivity index is 1.62. The maximum atomic E-state index is 13.3. The molecule has 0 aliphatic carbocycles. The van der Waals surface area contributed by atoms with Crippen molar-refractivity contribution in [1.29, 1.82) is 0 Å². The Morgan fingerprint density at radius 1 is 0.857 bits per heavy atom. The molecule has 1 aliphatic heterocycles. The Bertz CT molecular complexity index is 1280. The molecule has 0 aromatic heterocycles. The number of benzene rings is 2. The summed E-state index contributed by atoms with van der Waals surface area (Å²) in [5.74, 6) is -2.73. The number of hydrogen-bond acceptors (Lipinski definition) is 6. The van der Waals surface area contributed by atoms with Gasteiger partial charge in [-0.15, -0.1) is 0 Å². The smallest absolute Gasteiger partial charge is 0.335 e. The van der Waals surface area contributed by atoms with E-state index in [-0.39, 0.29) is 53.8 Å². The van der Waals surface area contributed by atoms with Crippen LogP contribution in [0.15, 0.2) is 48.5 Å². The maximum absolute atomic E-state index is 13.3. The fourth-order valence-corrected chi connectivity index (χ4v) is 4.93. The molecule has 3 amide bonds. The minimum absolute atomic E-state index is 0.0398. The van der Waals surface area contributed by atoms with Gasteiger partial charge in [0.05, 0.1) is 12.1 Å². The molecule has 226 valence electrons. The standard InChI is InChI=1S/C31H39FN4O6/c1-18(2)13-24(33-28(38)21-9-11-23(32)12-10-21)15-36-16-26(27(37)17-36)35-30(40)25(14-19(3)4)34-29(39)20-5-7-22(8-6-20)31(41)42/h5-12,18-19,24-26H,13-17H2,1-4H3,(H,33,38)(H,34,39)(H,35,40)(H,41,42)/t24-,25-,26?/m0/s1. The highest BCUT2D eigenvalue weighted by Gasteiger charge is 2.35. The van der Waals surface area contributed by atoms with E-state index < -0.39 is 35.7 Å². The SMILES string of the molecule is CC(C)C[C@@H](CN1CC(=O)C(NC(=O)[C@H](CC(C)C)NC(=O)c2ccc(C(=O)O)cc2)C1)NC(=O)c1ccc(F)cc1. The summed E-state index contributed by atoms with van der Waals surface area (Å²) in [6.07, 6.45) is 0.992. The van der Waals surface area contributed by atoms with E-state index in [2.05, 4.69) is 16.0 Å². The van der Waals surface area contributed by atoms with Crippen molar-refractivity contribution in [3.63, 3.8) is 0 Å². The molecule has 1 heterocycles. The van der Waals surface area contributed by atoms with E-state index in [1.54, 1.807) is 0 Å². The van der Waals surface area contributed by atoms with E-state index in [0.717, 1.165) is 0 Å². The Hall–Kier alpha value is -4.12. The van der Waals surface area contributed by atoms with E-state index in [1.165, 1.54) is 48.5 Å². The summed E-state index contributed by atoms with van der Waals surface area (Å²) in [4.78, 5) is 64.7. The number of carbonyl (C=O) groups excluding carboxylic acids is 4. The van der Waals surface area contributed by atoms with Crippen molar-refractivity contribution in [1.82, 2.24) is 20.9 Å². The van der Waals surface area contributed by atoms with Gasteiger partial charge in [-0.3, -0.25) is 24.1 Å². The zero-order valence-corrected chi connectivity index (χ0v) is 24.4. The first-order valence-corrected chi connectivity index (χ1v) is 14.1. The average Bonchev–Trinajstić information content (AvgIpc) is 3.25. The first-order chi connectivity index (χ1) is 19.8. The number of carboxylic acids is 1. The summed E-state index contributed by atoms with van der Waals surface area (Å²) in [5, 5.41) is 17.6. The van der Waals surface area contributed by atoms with Crippen LogP contribution < -0.4 is 16.0 Å². The van der Waals surface area contributed by atoms with Crippen LogP contribution in [0.4, 0.5) is 4.39 Å². The molecule has 2 aromatic rings. The molecule has 1 saturated heterocycles. The lowest BCUT2D eigenvalue weighted by Crippen LogP contribution is -2.52. The van der Waals surface area contributed by atoms with Crippen molar-refractivity contribution in [2.75, 3.05) is 19.6 Å². The number of nitrogens with one attached hydrogen (secondary N) is 3. The second kappa shape index (κ2) is 14.7. The van der Waals surface area contributed by atoms with Crippen LogP contribution in [0, 0.1) is 17.7 Å². The van der Waals surface area contributed by atoms with Crippen LogP contribution in [0.1, 0.15) is 71.6 Å². The normalized spacial score (nSPS) is 16.7. The lowest BCUT2D eigenvalue weighted by Gasteiger charge is -2.26. The monoisotopic (exact) mass is 582 g/mol. The molecule has 0 spiro atoms. The van der Waals surface area contributed by atoms with E-state index in [9.17, 15) is 28.4 Å². The minimum Gasteiger partial charge on any atom is -0.478 e. The number of carbonyl (C=O) groups is 5. The van der Waals surface area contributed by atoms with E-state index in [1.807, 2.05) is 32.6 Å². The molecular formula is C31H39FN4O6. The minimum atomic E-state index is -1.11. The van der Waals surface area contributed by atoms with Crippen molar-refractivity contribution in [2.45, 2.75) is 58.7 Å². The van der Waals surface area contributed by atoms with Crippen molar-refractivity contribution < 1.29 is 33.5 Å². The van der Waals surface area contributed by atoms with Crippen molar-refractivity contribution >= 4 is 29.5 Å². The molecule has 1 aliphatic rings. The molecule has 0 saturated carbocycles. The fourth-order valence-electron chi connectivity index (χ4n) is 4.93. The van der Waals surface area contributed by atoms with Gasteiger partial charge in [0.25, 0.3) is 11.8 Å². The highest BCUT2D eigenvalue weighted by atomic mass is 19.1. The van der Waals surface area contributed by atoms with Gasteiger partial charge in [-0.05, 0) is 73.2 Å². The third-order valence-corrected chi connectivity index (χ3v) is 6.92. The number of halogens is 1. The predicted octanol–water partition coefficient (Wildman–Crippen LogP) is 2.88. The maximum Gasteiger partial charge on any atom is 0.335 e. The van der Waals surface area contributed by atoms with Gasteiger partial charge in [-0.25, -0.2) is 9.18 Å². The molecule has 42 heavy (non-hydrogen) atoms. The molecule has 0 bridgehead atoms. The molecule has 1 fully saturated rings. The topological polar surface area (TPSA) is 145 Å². The number of ketones is 1. The highest BCUT2D eigenvalue weighted by Crippen LogP contribution is 2.14. The van der Waals surface area contributed by atoms with Crippen LogP contribution in [0.2, 0.25) is 0 Å². The molecular weight excluding hydrogens is 543 g/mol. The zero-order valence-electron chi connectivity index (χ0n) is 24.4. The van der Waals surface area contributed by atoms with Crippen molar-refractivity contribution in [3.8, 4) is 0 Å². The first kappa shape index (κ1) is 32.4. The van der Waals surface area contributed by atoms with Gasteiger partial charge in [0.1, 0.15) is 17.9 Å². The summed E-state index contributed by atoms with van der Waals surface area (Å²) >= 11 is 0. The van der Waals surface area contributed by atoms with Gasteiger partial charge in [-0.1, -0.05) is 27.7 Å². The second-order valence-electron chi connectivity index (χ2n) is 11.6. The molecule has 4 N–H and O–H groups in total. The van der Waals surface area contributed by atoms with Gasteiger partial charge in [-0.2, -0.15) is 0 Å². The summed E-state index contributed by atoms with van der Waals surface area (Å²) in [6, 6.07) is 8.72. The number of amides is 3. The second-order valence-corrected chi connectivity index (χ2v) is 11.6. The number of Topliss-reactive ketones (excluding diaryl/α,β-unsaturated/α-hetero) is 1. The molecule has 11 heteroatoms. The quantitative estimate of drug-likeness (QED) is 0.284. The summed E-state index contributed by atoms with van der Waals surface area (Å²) in [5.41, 5.74) is 0.588. The van der Waals surface area contributed by atoms with E-state index in [0.29, 0.717) is 24.9 Å². The van der Waals surface area contributed by atoms with Crippen LogP contribution in [0.25, 0.3) is 0 Å². The molecule has 3 rings (SSSR count). The zero-order chi connectivity index (χ0) is 31.0. The fraction of sp³-hybridized carbons (Fsp3) is 0.452. The van der Waals surface area contributed by atoms with Crippen LogP contribution in [-0.4, -0.2) is 77.2 Å². The first-order valence-electron chi connectivity index (χ1n) is 14.1. The molecule has 0 radical (unpaired) electrons. The number of likely N-dealkylation sites (tertiary alicyclic amines) is 1. The molecule has 10 nitrogen and oxygen atoms in total. The van der Waals surface area contributed by atoms with Crippen LogP contribution in [0.5, 0.6) is 0 Å². The van der Waals surface area contributed by atoms with Crippen molar-refractivity contribution in [3.05, 3.63) is 71.0 Å². The van der Waals surface area contributed by atoms with Gasteiger partial charge < -0.3 is 21.1 Å². The Labute approximate surface area is 245 Å². The Morgan fingerprint density at radius 3 is 1.93 bits per heavy atom. The predicted molar refractivity (Wildman–Crippen MR) is 155 cm³/mol. The lowest BCUT2D eigenvalue weighted by molar-refractivity contribution is -0.127. The van der Waals surface area contributed by atoms with Crippen LogP contribution in [-0.2, 0) is 9.59 Å². The van der Waals surface area contributed by atoms with Gasteiger partial charge in [0.2, 0.25) is 5.91 Å². The van der Waals surface area contributed by atoms with Gasteiger partial charge >= 0.3 is 5.97 Å². The largest absolute Gasteiger partial charge is 0.478 e. The molecule has 1 unspecified atom stereocenters. The van der Waals surface area contributed by atoms with E-state index in [4.69, 9.17) is 5.11 Å². The Morgan fingerprint density at radius 2 is 1.38 bits per heavy atom. The molecule has 2 aromatic carbocycles. The van der Waals surface area contributed by atoms with Gasteiger partial charge in [0.15, 0.2) is 5.78 Å².